The molecule has 55 heavy (non-hydrogen) atoms. The average molecular weight is 742 g/mol. The van der Waals surface area contributed by atoms with Gasteiger partial charge in [-0.05, 0) is 97.2 Å². The van der Waals surface area contributed by atoms with Gasteiger partial charge in [-0.2, -0.15) is 0 Å². The van der Waals surface area contributed by atoms with Gasteiger partial charge in [-0.3, -0.25) is 34.2 Å². The molecule has 282 valence electrons. The number of imide groups is 2. The first kappa shape index (κ1) is 36.1. The molecule has 4 aliphatic rings. The van der Waals surface area contributed by atoms with Crippen LogP contribution >= 0.6 is 0 Å². The van der Waals surface area contributed by atoms with E-state index in [0.717, 1.165) is 60.7 Å². The molecule has 1 aliphatic carbocycles. The minimum absolute atomic E-state index is 0.0927. The molecule has 1 N–H and O–H groups in total. The topological polar surface area (TPSA) is 148 Å². The normalized spacial score (nSPS) is 19.6. The molecular formula is C43H43N5O7. The minimum atomic E-state index is -0.972. The molecule has 1 unspecified atom stereocenters. The Morgan fingerprint density at radius 1 is 0.873 bits per heavy atom. The summed E-state index contributed by atoms with van der Waals surface area (Å²) in [5.74, 6) is -0.390. The van der Waals surface area contributed by atoms with E-state index in [1.165, 1.54) is 12.5 Å². The predicted octanol–water partition coefficient (Wildman–Crippen LogP) is 5.81. The number of aromatic nitrogens is 2. The molecule has 8 rings (SSSR count). The highest BCUT2D eigenvalue weighted by Crippen LogP contribution is 2.51. The third-order valence-electron chi connectivity index (χ3n) is 11.8. The summed E-state index contributed by atoms with van der Waals surface area (Å²) in [5.41, 5.74) is 4.45. The van der Waals surface area contributed by atoms with E-state index in [4.69, 9.17) is 9.47 Å². The van der Waals surface area contributed by atoms with Crippen molar-refractivity contribution >= 4 is 35.1 Å². The summed E-state index contributed by atoms with van der Waals surface area (Å²) in [6.45, 7) is 7.75. The van der Waals surface area contributed by atoms with Crippen LogP contribution in [0.4, 0.5) is 5.69 Å². The van der Waals surface area contributed by atoms with Crippen LogP contribution in [-0.2, 0) is 21.6 Å². The van der Waals surface area contributed by atoms with E-state index in [0.29, 0.717) is 22.6 Å². The molecule has 1 aromatic heterocycles. The van der Waals surface area contributed by atoms with Gasteiger partial charge in [-0.25, -0.2) is 9.97 Å². The summed E-state index contributed by atoms with van der Waals surface area (Å²) in [4.78, 5) is 73.6. The summed E-state index contributed by atoms with van der Waals surface area (Å²) in [7, 11) is 0. The highest BCUT2D eigenvalue weighted by molar-refractivity contribution is 6.23. The fraction of sp³-hybridized carbons (Fsp3) is 0.372. The molecule has 3 aliphatic heterocycles. The lowest BCUT2D eigenvalue weighted by Crippen LogP contribution is -2.54. The fourth-order valence-corrected chi connectivity index (χ4v) is 8.37. The minimum Gasteiger partial charge on any atom is -0.490 e. The number of piperidine rings is 2. The van der Waals surface area contributed by atoms with Gasteiger partial charge in [0.05, 0.1) is 22.9 Å². The van der Waals surface area contributed by atoms with Crippen LogP contribution in [0.3, 0.4) is 0 Å². The second-order valence-corrected chi connectivity index (χ2v) is 15.7. The van der Waals surface area contributed by atoms with Crippen molar-refractivity contribution in [2.75, 3.05) is 18.0 Å². The van der Waals surface area contributed by atoms with Gasteiger partial charge in [0.15, 0.2) is 11.6 Å². The van der Waals surface area contributed by atoms with Crippen molar-refractivity contribution in [1.82, 2.24) is 20.2 Å². The zero-order valence-electron chi connectivity index (χ0n) is 31.2. The van der Waals surface area contributed by atoms with Crippen molar-refractivity contribution in [3.8, 4) is 11.5 Å². The van der Waals surface area contributed by atoms with Gasteiger partial charge < -0.3 is 14.4 Å². The van der Waals surface area contributed by atoms with Crippen molar-refractivity contribution in [3.63, 3.8) is 0 Å². The number of carbonyl (C=O) groups is 5. The second-order valence-electron chi connectivity index (χ2n) is 15.7. The van der Waals surface area contributed by atoms with Crippen LogP contribution in [0.15, 0.2) is 79.0 Å². The lowest BCUT2D eigenvalue weighted by Gasteiger charge is -2.52. The maximum absolute atomic E-state index is 13.3. The standard InChI is InChI=1S/C43H43N5O7/c1-26(49)38-44-19-16-29(45-38)25-54-31-9-4-27(5-10-31)42(2,3)28-6-11-32(12-7-28)55-33-23-43(24-33)17-20-47(21-18-43)30-8-13-34-35(22-30)41(53)48(40(34)52)36-14-15-37(50)46-39(36)51/h4-13,16,19,22,33,36H,14-15,17-18,20-21,23-25H2,1-3H3,(H,46,50,51). The summed E-state index contributed by atoms with van der Waals surface area (Å²) in [6, 6.07) is 22.5. The third-order valence-corrected chi connectivity index (χ3v) is 11.8. The van der Waals surface area contributed by atoms with Crippen LogP contribution in [0.5, 0.6) is 11.5 Å². The molecule has 4 heterocycles. The molecule has 0 bridgehead atoms. The van der Waals surface area contributed by atoms with Crippen LogP contribution in [-0.4, -0.2) is 69.5 Å². The van der Waals surface area contributed by atoms with Gasteiger partial charge in [0.1, 0.15) is 24.1 Å². The largest absolute Gasteiger partial charge is 0.490 e. The first-order valence-electron chi connectivity index (χ1n) is 18.8. The number of ether oxygens (including phenoxy) is 2. The smallest absolute Gasteiger partial charge is 0.262 e. The Bertz CT molecular complexity index is 2180. The van der Waals surface area contributed by atoms with E-state index in [-0.39, 0.29) is 48.0 Å². The number of rotatable bonds is 10. The van der Waals surface area contributed by atoms with E-state index < -0.39 is 29.7 Å². The quantitative estimate of drug-likeness (QED) is 0.156. The molecule has 0 radical (unpaired) electrons. The molecule has 3 fully saturated rings. The summed E-state index contributed by atoms with van der Waals surface area (Å²) < 4.78 is 12.4. The summed E-state index contributed by atoms with van der Waals surface area (Å²) in [6.07, 6.45) is 5.97. The third kappa shape index (κ3) is 6.97. The van der Waals surface area contributed by atoms with Crippen molar-refractivity contribution in [2.45, 2.75) is 83.5 Å². The van der Waals surface area contributed by atoms with Crippen molar-refractivity contribution in [3.05, 3.63) is 113 Å². The Morgan fingerprint density at radius 2 is 1.53 bits per heavy atom. The van der Waals surface area contributed by atoms with Crippen LogP contribution in [0.2, 0.25) is 0 Å². The number of carbonyl (C=O) groups excluding carboxylic acids is 5. The van der Waals surface area contributed by atoms with Crippen molar-refractivity contribution in [1.29, 1.82) is 0 Å². The van der Waals surface area contributed by atoms with E-state index >= 15 is 0 Å². The zero-order chi connectivity index (χ0) is 38.5. The molecule has 12 nitrogen and oxygen atoms in total. The van der Waals surface area contributed by atoms with E-state index in [1.807, 2.05) is 18.2 Å². The number of fused-ring (bicyclic) bond motifs is 1. The van der Waals surface area contributed by atoms with Gasteiger partial charge in [0.2, 0.25) is 11.8 Å². The monoisotopic (exact) mass is 741 g/mol. The van der Waals surface area contributed by atoms with Gasteiger partial charge in [-0.15, -0.1) is 0 Å². The molecule has 4 aromatic rings. The number of hydrogen-bond donors (Lipinski definition) is 1. The molecule has 4 amide bonds. The number of anilines is 1. The highest BCUT2D eigenvalue weighted by atomic mass is 16.5. The van der Waals surface area contributed by atoms with Crippen LogP contribution in [0.1, 0.15) is 107 Å². The van der Waals surface area contributed by atoms with Gasteiger partial charge in [-0.1, -0.05) is 38.1 Å². The lowest BCUT2D eigenvalue weighted by molar-refractivity contribution is -0.136. The van der Waals surface area contributed by atoms with Crippen LogP contribution in [0.25, 0.3) is 0 Å². The molecule has 3 aromatic carbocycles. The SMILES string of the molecule is CC(=O)c1nccc(COc2ccc(C(C)(C)c3ccc(OC4CC5(CCN(c6ccc7c(c6)C(=O)N(C6CCC(=O)NC6=O)C7=O)CC5)C4)cc3)cc2)n1. The van der Waals surface area contributed by atoms with Crippen LogP contribution < -0.4 is 19.7 Å². The van der Waals surface area contributed by atoms with Gasteiger partial charge >= 0.3 is 0 Å². The summed E-state index contributed by atoms with van der Waals surface area (Å²) in [5, 5.41) is 2.24. The number of Topliss-reactive ketones (excluding diaryl/α,β-unsaturated/α-hetero) is 1. The molecule has 12 heteroatoms. The number of nitrogens with zero attached hydrogens (tertiary/aromatic N) is 4. The number of nitrogens with one attached hydrogen (secondary N) is 1. The first-order chi connectivity index (χ1) is 26.4. The number of benzene rings is 3. The average Bonchev–Trinajstić information content (AvgIpc) is 3.42. The van der Waals surface area contributed by atoms with Gasteiger partial charge in [0, 0.05) is 43.7 Å². The van der Waals surface area contributed by atoms with Crippen molar-refractivity contribution < 1.29 is 33.4 Å². The highest BCUT2D eigenvalue weighted by Gasteiger charge is 2.48. The number of ketones is 1. The van der Waals surface area contributed by atoms with E-state index in [1.54, 1.807) is 24.4 Å². The Balaban J connectivity index is 0.820. The van der Waals surface area contributed by atoms with Crippen LogP contribution in [0, 0.1) is 5.41 Å². The van der Waals surface area contributed by atoms with E-state index in [2.05, 4.69) is 70.4 Å². The maximum Gasteiger partial charge on any atom is 0.262 e. The van der Waals surface area contributed by atoms with E-state index in [9.17, 15) is 24.0 Å². The van der Waals surface area contributed by atoms with Crippen molar-refractivity contribution in [2.24, 2.45) is 5.41 Å². The predicted molar refractivity (Wildman–Crippen MR) is 202 cm³/mol. The second kappa shape index (κ2) is 14.1. The first-order valence-corrected chi connectivity index (χ1v) is 18.8. The molecule has 1 spiro atoms. The summed E-state index contributed by atoms with van der Waals surface area (Å²) >= 11 is 0. The Labute approximate surface area is 319 Å². The molecule has 1 atom stereocenters. The zero-order valence-corrected chi connectivity index (χ0v) is 31.2. The number of amides is 4. The Hall–Kier alpha value is -5.91. The molecular weight excluding hydrogens is 699 g/mol. The number of hydrogen-bond acceptors (Lipinski definition) is 10. The Morgan fingerprint density at radius 3 is 2.18 bits per heavy atom. The maximum atomic E-state index is 13.3. The molecule has 1 saturated carbocycles. The fourth-order valence-electron chi connectivity index (χ4n) is 8.37. The molecule has 2 saturated heterocycles. The van der Waals surface area contributed by atoms with Gasteiger partial charge in [0.25, 0.3) is 11.8 Å². The lowest BCUT2D eigenvalue weighted by atomic mass is 9.61. The Kier molecular flexibility index (Phi) is 9.22.